The summed E-state index contributed by atoms with van der Waals surface area (Å²) in [6.45, 7) is 7.05. The number of nitriles is 1. The molecule has 0 aliphatic carbocycles. The first-order chi connectivity index (χ1) is 13.3. The van der Waals surface area contributed by atoms with Crippen LogP contribution in [0.2, 0.25) is 0 Å². The zero-order valence-electron chi connectivity index (χ0n) is 17.0. The first kappa shape index (κ1) is 24.3. The minimum atomic E-state index is -4.04. The molecule has 2 atom stereocenters. The third-order valence-electron chi connectivity index (χ3n) is 4.39. The number of Topliss-reactive ketones (excluding diaryl/α,β-unsaturated/α-hetero) is 1. The second-order valence-corrected chi connectivity index (χ2v) is 8.76. The van der Waals surface area contributed by atoms with Crippen molar-refractivity contribution in [3.63, 3.8) is 0 Å². The predicted octanol–water partition coefficient (Wildman–Crippen LogP) is 1.15. The van der Waals surface area contributed by atoms with E-state index in [1.807, 2.05) is 6.07 Å². The number of hydrogen-bond acceptors (Lipinski definition) is 7. The number of benzene rings is 1. The van der Waals surface area contributed by atoms with Gasteiger partial charge in [-0.2, -0.15) is 9.98 Å². The molecular weight excluding hydrogens is 398 g/mol. The zero-order valence-corrected chi connectivity index (χ0v) is 17.8. The number of hydrogen-bond donors (Lipinski definition) is 2. The maximum atomic E-state index is 12.3. The molecule has 0 aromatic heterocycles. The van der Waals surface area contributed by atoms with Gasteiger partial charge in [-0.1, -0.05) is 26.0 Å². The molecule has 10 heteroatoms. The Morgan fingerprint density at radius 2 is 1.72 bits per heavy atom. The van der Waals surface area contributed by atoms with E-state index in [0.717, 1.165) is 0 Å². The van der Waals surface area contributed by atoms with Crippen LogP contribution in [0.25, 0.3) is 0 Å². The number of carbonyl (C=O) groups excluding carboxylic acids is 3. The van der Waals surface area contributed by atoms with Gasteiger partial charge in [-0.3, -0.25) is 14.4 Å². The molecular formula is C19H25N3O6S. The van der Waals surface area contributed by atoms with Gasteiger partial charge in [0.25, 0.3) is 5.91 Å². The zero-order chi connectivity index (χ0) is 22.4. The van der Waals surface area contributed by atoms with Crippen LogP contribution in [0.5, 0.6) is 0 Å². The fourth-order valence-electron chi connectivity index (χ4n) is 2.11. The number of sulfonamides is 1. The first-order valence-electron chi connectivity index (χ1n) is 8.84. The van der Waals surface area contributed by atoms with Crippen LogP contribution in [0.4, 0.5) is 0 Å². The summed E-state index contributed by atoms with van der Waals surface area (Å²) < 4.78 is 31.7. The molecule has 0 aliphatic rings. The molecule has 1 rings (SSSR count). The van der Waals surface area contributed by atoms with E-state index in [2.05, 4.69) is 10.0 Å². The number of amides is 1. The van der Waals surface area contributed by atoms with Crippen molar-refractivity contribution >= 4 is 27.7 Å². The van der Waals surface area contributed by atoms with Crippen molar-refractivity contribution in [3.8, 4) is 6.07 Å². The summed E-state index contributed by atoms with van der Waals surface area (Å²) in [4.78, 5) is 35.1. The van der Waals surface area contributed by atoms with Gasteiger partial charge in [-0.15, -0.1) is 0 Å². The number of nitrogens with zero attached hydrogens (tertiary/aromatic N) is 1. The summed E-state index contributed by atoms with van der Waals surface area (Å²) in [5.41, 5.74) is -0.767. The van der Waals surface area contributed by atoms with Gasteiger partial charge in [0.05, 0.1) is 11.0 Å². The summed E-state index contributed by atoms with van der Waals surface area (Å²) in [5, 5.41) is 11.7. The Morgan fingerprint density at radius 3 is 2.17 bits per heavy atom. The van der Waals surface area contributed by atoms with E-state index in [9.17, 15) is 28.1 Å². The van der Waals surface area contributed by atoms with Crippen molar-refractivity contribution in [2.24, 2.45) is 5.92 Å². The van der Waals surface area contributed by atoms with E-state index in [1.165, 1.54) is 38.1 Å². The normalized spacial score (nSPS) is 14.4. The summed E-state index contributed by atoms with van der Waals surface area (Å²) in [6.07, 6.45) is 0. The SMILES string of the molecule is CC(=O)c1ccc(S(=O)(=O)N[C@@H](C)C(=O)OCC(=O)N[C@](C)(C#N)C(C)C)cc1. The van der Waals surface area contributed by atoms with Crippen LogP contribution in [0, 0.1) is 17.2 Å². The smallest absolute Gasteiger partial charge is 0.324 e. The molecule has 0 heterocycles. The van der Waals surface area contributed by atoms with Crippen molar-refractivity contribution in [3.05, 3.63) is 29.8 Å². The molecule has 2 N–H and O–H groups in total. The average molecular weight is 423 g/mol. The number of ether oxygens (including phenoxy) is 1. The topological polar surface area (TPSA) is 142 Å². The molecule has 1 amide bonds. The second-order valence-electron chi connectivity index (χ2n) is 7.05. The number of ketones is 1. The molecule has 0 spiro atoms. The van der Waals surface area contributed by atoms with Crippen LogP contribution in [-0.4, -0.2) is 44.3 Å². The van der Waals surface area contributed by atoms with Gasteiger partial charge in [0, 0.05) is 5.56 Å². The molecule has 0 radical (unpaired) electrons. The third-order valence-corrected chi connectivity index (χ3v) is 5.94. The fourth-order valence-corrected chi connectivity index (χ4v) is 3.30. The Balaban J connectivity index is 2.68. The molecule has 0 bridgehead atoms. The highest BCUT2D eigenvalue weighted by atomic mass is 32.2. The fraction of sp³-hybridized carbons (Fsp3) is 0.474. The lowest BCUT2D eigenvalue weighted by atomic mass is 9.90. The minimum Gasteiger partial charge on any atom is -0.454 e. The van der Waals surface area contributed by atoms with Crippen LogP contribution in [-0.2, 0) is 24.3 Å². The number of nitrogens with one attached hydrogen (secondary N) is 2. The molecule has 1 aromatic rings. The molecule has 0 fully saturated rings. The molecule has 1 aromatic carbocycles. The minimum absolute atomic E-state index is 0.124. The van der Waals surface area contributed by atoms with Crippen molar-refractivity contribution in [1.82, 2.24) is 10.0 Å². The largest absolute Gasteiger partial charge is 0.454 e. The van der Waals surface area contributed by atoms with E-state index in [1.54, 1.807) is 20.8 Å². The van der Waals surface area contributed by atoms with E-state index in [-0.39, 0.29) is 16.6 Å². The Morgan fingerprint density at radius 1 is 1.17 bits per heavy atom. The van der Waals surface area contributed by atoms with Crippen LogP contribution < -0.4 is 10.0 Å². The second kappa shape index (κ2) is 9.62. The van der Waals surface area contributed by atoms with Gasteiger partial charge in [-0.05, 0) is 38.8 Å². The van der Waals surface area contributed by atoms with Crippen LogP contribution >= 0.6 is 0 Å². The predicted molar refractivity (Wildman–Crippen MR) is 104 cm³/mol. The lowest BCUT2D eigenvalue weighted by Gasteiger charge is -2.27. The highest BCUT2D eigenvalue weighted by Gasteiger charge is 2.30. The average Bonchev–Trinajstić information content (AvgIpc) is 2.65. The van der Waals surface area contributed by atoms with Gasteiger partial charge in [0.15, 0.2) is 12.4 Å². The quantitative estimate of drug-likeness (QED) is 0.448. The van der Waals surface area contributed by atoms with Crippen molar-refractivity contribution < 1.29 is 27.5 Å². The van der Waals surface area contributed by atoms with Crippen molar-refractivity contribution in [2.75, 3.05) is 6.61 Å². The molecule has 158 valence electrons. The van der Waals surface area contributed by atoms with Gasteiger partial charge >= 0.3 is 5.97 Å². The molecule has 0 saturated heterocycles. The van der Waals surface area contributed by atoms with Gasteiger partial charge < -0.3 is 10.1 Å². The standard InChI is InChI=1S/C19H25N3O6S/c1-12(2)19(5,11-20)21-17(24)10-28-18(25)13(3)22-29(26,27)16-8-6-15(7-9-16)14(4)23/h6-9,12-13,22H,10H2,1-5H3,(H,21,24)/t13-,19+/m0/s1. The summed E-state index contributed by atoms with van der Waals surface area (Å²) in [5.74, 6) is -2.01. The maximum absolute atomic E-state index is 12.3. The number of esters is 1. The number of rotatable bonds is 9. The Labute approximate surface area is 170 Å². The van der Waals surface area contributed by atoms with Crippen LogP contribution in [0.3, 0.4) is 0 Å². The summed E-state index contributed by atoms with van der Waals surface area (Å²) in [7, 11) is -4.04. The monoisotopic (exact) mass is 423 g/mol. The molecule has 0 aliphatic heterocycles. The van der Waals surface area contributed by atoms with Crippen molar-refractivity contribution in [1.29, 1.82) is 5.26 Å². The van der Waals surface area contributed by atoms with Gasteiger partial charge in [-0.25, -0.2) is 8.42 Å². The van der Waals surface area contributed by atoms with E-state index in [4.69, 9.17) is 4.74 Å². The Hall–Kier alpha value is -2.77. The maximum Gasteiger partial charge on any atom is 0.324 e. The van der Waals surface area contributed by atoms with E-state index in [0.29, 0.717) is 5.56 Å². The lowest BCUT2D eigenvalue weighted by Crippen LogP contribution is -2.50. The lowest BCUT2D eigenvalue weighted by molar-refractivity contribution is -0.150. The Bertz CT molecular complexity index is 918. The van der Waals surface area contributed by atoms with Crippen LogP contribution in [0.1, 0.15) is 45.0 Å². The molecule has 0 unspecified atom stereocenters. The van der Waals surface area contributed by atoms with Gasteiger partial charge in [0.1, 0.15) is 11.6 Å². The summed E-state index contributed by atoms with van der Waals surface area (Å²) >= 11 is 0. The highest BCUT2D eigenvalue weighted by Crippen LogP contribution is 2.15. The number of carbonyl (C=O) groups is 3. The third kappa shape index (κ3) is 6.66. The molecule has 9 nitrogen and oxygen atoms in total. The van der Waals surface area contributed by atoms with Gasteiger partial charge in [0.2, 0.25) is 10.0 Å². The molecule has 0 saturated carbocycles. The first-order valence-corrected chi connectivity index (χ1v) is 10.3. The Kier molecular flexibility index (Phi) is 8.05. The van der Waals surface area contributed by atoms with Crippen molar-refractivity contribution in [2.45, 2.75) is 51.1 Å². The molecule has 29 heavy (non-hydrogen) atoms. The van der Waals surface area contributed by atoms with Crippen LogP contribution in [0.15, 0.2) is 29.2 Å². The van der Waals surface area contributed by atoms with E-state index >= 15 is 0 Å². The highest BCUT2D eigenvalue weighted by molar-refractivity contribution is 7.89. The summed E-state index contributed by atoms with van der Waals surface area (Å²) in [6, 6.07) is 5.97. The van der Waals surface area contributed by atoms with E-state index < -0.39 is 40.1 Å².